The van der Waals surface area contributed by atoms with Crippen LogP contribution in [0.2, 0.25) is 0 Å². The van der Waals surface area contributed by atoms with Crippen molar-refractivity contribution < 1.29 is 22.0 Å². The van der Waals surface area contributed by atoms with E-state index in [1.54, 1.807) is 6.92 Å². The molecule has 4 nitrogen and oxygen atoms in total. The molecule has 0 saturated carbocycles. The number of thioether (sulfide) groups is 1. The quantitative estimate of drug-likeness (QED) is 0.884. The number of benzene rings is 1. The number of halogens is 2. The molecule has 1 N–H and O–H groups in total. The molecule has 1 aromatic rings. The van der Waals surface area contributed by atoms with Gasteiger partial charge in [-0.3, -0.25) is 4.79 Å². The largest absolute Gasteiger partial charge is 0.352 e. The first-order chi connectivity index (χ1) is 10.3. The Kier molecular flexibility index (Phi) is 5.44. The number of sulfone groups is 1. The molecule has 0 bridgehead atoms. The van der Waals surface area contributed by atoms with E-state index >= 15 is 0 Å². The molecule has 22 heavy (non-hydrogen) atoms. The summed E-state index contributed by atoms with van der Waals surface area (Å²) in [5, 5.41) is 2.37. The molecule has 0 radical (unpaired) electrons. The van der Waals surface area contributed by atoms with Crippen molar-refractivity contribution in [1.82, 2.24) is 5.32 Å². The van der Waals surface area contributed by atoms with Crippen LogP contribution in [0.15, 0.2) is 18.2 Å². The zero-order valence-electron chi connectivity index (χ0n) is 12.0. The number of rotatable bonds is 5. The summed E-state index contributed by atoms with van der Waals surface area (Å²) in [5.41, 5.74) is 0.336. The SMILES string of the molecule is C[C@H](SCC(=O)N[C@H]1CCS(=O)(=O)C1)c1ccc(F)cc1F. The van der Waals surface area contributed by atoms with Gasteiger partial charge >= 0.3 is 0 Å². The van der Waals surface area contributed by atoms with Crippen molar-refractivity contribution in [2.24, 2.45) is 0 Å². The summed E-state index contributed by atoms with van der Waals surface area (Å²) in [6, 6.07) is 3.02. The summed E-state index contributed by atoms with van der Waals surface area (Å²) in [6.45, 7) is 1.73. The molecule has 1 fully saturated rings. The lowest BCUT2D eigenvalue weighted by molar-refractivity contribution is -0.119. The van der Waals surface area contributed by atoms with Gasteiger partial charge in [-0.25, -0.2) is 17.2 Å². The van der Waals surface area contributed by atoms with Crippen LogP contribution in [0.1, 0.15) is 24.2 Å². The van der Waals surface area contributed by atoms with Gasteiger partial charge in [0.25, 0.3) is 0 Å². The summed E-state index contributed by atoms with van der Waals surface area (Å²) in [4.78, 5) is 11.8. The molecule has 1 heterocycles. The van der Waals surface area contributed by atoms with Gasteiger partial charge in [0.15, 0.2) is 9.84 Å². The third-order valence-electron chi connectivity index (χ3n) is 3.46. The van der Waals surface area contributed by atoms with Gasteiger partial charge in [0, 0.05) is 22.9 Å². The molecule has 0 aromatic heterocycles. The van der Waals surface area contributed by atoms with E-state index in [-0.39, 0.29) is 34.5 Å². The number of carbonyl (C=O) groups is 1. The van der Waals surface area contributed by atoms with Crippen LogP contribution in [-0.2, 0) is 14.6 Å². The minimum atomic E-state index is -3.03. The number of carbonyl (C=O) groups excluding carboxylic acids is 1. The monoisotopic (exact) mass is 349 g/mol. The summed E-state index contributed by atoms with van der Waals surface area (Å²) in [6.07, 6.45) is 0.431. The third kappa shape index (κ3) is 4.67. The van der Waals surface area contributed by atoms with Crippen LogP contribution in [0.5, 0.6) is 0 Å². The maximum atomic E-state index is 13.6. The smallest absolute Gasteiger partial charge is 0.230 e. The Labute approximate surface area is 132 Å². The van der Waals surface area contributed by atoms with E-state index in [1.807, 2.05) is 0 Å². The standard InChI is InChI=1S/C14H17F2NO3S2/c1-9(12-3-2-10(15)6-13(12)16)21-7-14(18)17-11-4-5-22(19,20)8-11/h2-3,6,9,11H,4-5,7-8H2,1H3,(H,17,18)/t9-,11-/m0/s1. The molecular formula is C14H17F2NO3S2. The minimum absolute atomic E-state index is 0.0223. The van der Waals surface area contributed by atoms with Gasteiger partial charge < -0.3 is 5.32 Å². The zero-order valence-corrected chi connectivity index (χ0v) is 13.6. The van der Waals surface area contributed by atoms with E-state index in [2.05, 4.69) is 5.32 Å². The summed E-state index contributed by atoms with van der Waals surface area (Å²) < 4.78 is 49.1. The third-order valence-corrected chi connectivity index (χ3v) is 6.41. The van der Waals surface area contributed by atoms with Gasteiger partial charge in [0.2, 0.25) is 5.91 Å². The van der Waals surface area contributed by atoms with Gasteiger partial charge in [0.05, 0.1) is 17.3 Å². The van der Waals surface area contributed by atoms with Crippen molar-refractivity contribution in [2.45, 2.75) is 24.6 Å². The second-order valence-electron chi connectivity index (χ2n) is 5.29. The van der Waals surface area contributed by atoms with Crippen molar-refractivity contribution in [2.75, 3.05) is 17.3 Å². The van der Waals surface area contributed by atoms with E-state index in [0.29, 0.717) is 12.0 Å². The van der Waals surface area contributed by atoms with Crippen molar-refractivity contribution in [1.29, 1.82) is 0 Å². The molecule has 122 valence electrons. The molecule has 2 rings (SSSR count). The Balaban J connectivity index is 1.83. The number of amides is 1. The van der Waals surface area contributed by atoms with Crippen LogP contribution in [0.3, 0.4) is 0 Å². The first kappa shape index (κ1) is 17.2. The molecule has 1 aromatic carbocycles. The van der Waals surface area contributed by atoms with Crippen LogP contribution in [0.4, 0.5) is 8.78 Å². The lowest BCUT2D eigenvalue weighted by atomic mass is 10.1. The van der Waals surface area contributed by atoms with Crippen LogP contribution < -0.4 is 5.32 Å². The Morgan fingerprint density at radius 1 is 1.45 bits per heavy atom. The second-order valence-corrected chi connectivity index (χ2v) is 8.84. The molecule has 8 heteroatoms. The maximum absolute atomic E-state index is 13.6. The summed E-state index contributed by atoms with van der Waals surface area (Å²) in [5.74, 6) is -1.38. The van der Waals surface area contributed by atoms with Crippen LogP contribution in [-0.4, -0.2) is 37.6 Å². The molecule has 1 saturated heterocycles. The van der Waals surface area contributed by atoms with E-state index in [1.165, 1.54) is 23.9 Å². The van der Waals surface area contributed by atoms with E-state index < -0.39 is 21.5 Å². The molecule has 0 unspecified atom stereocenters. The fourth-order valence-corrected chi connectivity index (χ4v) is 4.83. The lowest BCUT2D eigenvalue weighted by Gasteiger charge is -2.14. The van der Waals surface area contributed by atoms with Gasteiger partial charge in [-0.05, 0) is 19.4 Å². The average molecular weight is 349 g/mol. The molecule has 2 atom stereocenters. The van der Waals surface area contributed by atoms with Crippen molar-refractivity contribution >= 4 is 27.5 Å². The molecule has 0 spiro atoms. The maximum Gasteiger partial charge on any atom is 0.230 e. The van der Waals surface area contributed by atoms with E-state index in [4.69, 9.17) is 0 Å². The van der Waals surface area contributed by atoms with E-state index in [9.17, 15) is 22.0 Å². The number of hydrogen-bond donors (Lipinski definition) is 1. The molecule has 1 amide bonds. The first-order valence-electron chi connectivity index (χ1n) is 6.83. The van der Waals surface area contributed by atoms with Gasteiger partial charge in [-0.1, -0.05) is 6.07 Å². The first-order valence-corrected chi connectivity index (χ1v) is 9.70. The number of hydrogen-bond acceptors (Lipinski definition) is 4. The highest BCUT2D eigenvalue weighted by Gasteiger charge is 2.28. The molecule has 1 aliphatic rings. The Hall–Kier alpha value is -1.15. The fourth-order valence-electron chi connectivity index (χ4n) is 2.30. The highest BCUT2D eigenvalue weighted by atomic mass is 32.2. The predicted octanol–water partition coefficient (Wildman–Crippen LogP) is 2.06. The normalized spacial score (nSPS) is 21.5. The van der Waals surface area contributed by atoms with Crippen molar-refractivity contribution in [3.8, 4) is 0 Å². The minimum Gasteiger partial charge on any atom is -0.352 e. The zero-order chi connectivity index (χ0) is 16.3. The van der Waals surface area contributed by atoms with Crippen molar-refractivity contribution in [3.63, 3.8) is 0 Å². The van der Waals surface area contributed by atoms with E-state index in [0.717, 1.165) is 6.07 Å². The summed E-state index contributed by atoms with van der Waals surface area (Å²) in [7, 11) is -3.03. The van der Waals surface area contributed by atoms with Crippen LogP contribution in [0, 0.1) is 11.6 Å². The highest BCUT2D eigenvalue weighted by molar-refractivity contribution is 8.00. The highest BCUT2D eigenvalue weighted by Crippen LogP contribution is 2.30. The topological polar surface area (TPSA) is 63.2 Å². The Morgan fingerprint density at radius 2 is 2.18 bits per heavy atom. The second kappa shape index (κ2) is 6.95. The van der Waals surface area contributed by atoms with Gasteiger partial charge in [-0.15, -0.1) is 11.8 Å². The molecular weight excluding hydrogens is 332 g/mol. The fraction of sp³-hybridized carbons (Fsp3) is 0.500. The number of nitrogens with one attached hydrogen (secondary N) is 1. The van der Waals surface area contributed by atoms with Crippen LogP contribution >= 0.6 is 11.8 Å². The Morgan fingerprint density at radius 3 is 2.77 bits per heavy atom. The predicted molar refractivity (Wildman–Crippen MR) is 82.4 cm³/mol. The van der Waals surface area contributed by atoms with Gasteiger partial charge in [-0.2, -0.15) is 0 Å². The lowest BCUT2D eigenvalue weighted by Crippen LogP contribution is -2.36. The van der Waals surface area contributed by atoms with Crippen LogP contribution in [0.25, 0.3) is 0 Å². The van der Waals surface area contributed by atoms with Gasteiger partial charge in [0.1, 0.15) is 11.6 Å². The Bertz CT molecular complexity index is 664. The molecule has 0 aliphatic carbocycles. The van der Waals surface area contributed by atoms with Crippen molar-refractivity contribution in [3.05, 3.63) is 35.4 Å². The average Bonchev–Trinajstić information content (AvgIpc) is 2.75. The molecule has 1 aliphatic heterocycles. The summed E-state index contributed by atoms with van der Waals surface area (Å²) >= 11 is 1.22.